The Hall–Kier alpha value is -0.930. The Morgan fingerprint density at radius 2 is 2.47 bits per heavy atom. The summed E-state index contributed by atoms with van der Waals surface area (Å²) in [6.45, 7) is 4.54. The molecule has 0 radical (unpaired) electrons. The molecule has 1 atom stereocenters. The fourth-order valence-corrected chi connectivity index (χ4v) is 1.96. The van der Waals surface area contributed by atoms with E-state index in [-0.39, 0.29) is 0 Å². The van der Waals surface area contributed by atoms with Gasteiger partial charge in [0.1, 0.15) is 0 Å². The fraction of sp³-hybridized carbons (Fsp3) is 0.583. The van der Waals surface area contributed by atoms with Gasteiger partial charge in [0, 0.05) is 24.9 Å². The quantitative estimate of drug-likeness (QED) is 0.699. The van der Waals surface area contributed by atoms with Crippen LogP contribution in [-0.2, 0) is 6.42 Å². The Morgan fingerprint density at radius 3 is 3.20 bits per heavy atom. The van der Waals surface area contributed by atoms with Gasteiger partial charge in [0.15, 0.2) is 0 Å². The highest BCUT2D eigenvalue weighted by Crippen LogP contribution is 2.05. The van der Waals surface area contributed by atoms with Crippen molar-refractivity contribution >= 4 is 0 Å². The molecule has 2 rings (SSSR count). The van der Waals surface area contributed by atoms with Crippen LogP contribution in [0.1, 0.15) is 12.1 Å². The minimum atomic E-state index is 0.828. The summed E-state index contributed by atoms with van der Waals surface area (Å²) in [5.74, 6) is 0.828. The number of hydrogen-bond acceptors (Lipinski definition) is 3. The molecule has 1 aromatic heterocycles. The molecule has 0 amide bonds. The molecule has 3 heteroatoms. The molecule has 1 fully saturated rings. The standard InChI is InChI=1S/C12H19N3/c1-2-6-15-12(3-1)5-8-14-10-11-4-7-13-9-11/h1-3,6,11,13-14H,4-5,7-10H2. The summed E-state index contributed by atoms with van der Waals surface area (Å²) in [6.07, 6.45) is 4.20. The van der Waals surface area contributed by atoms with Gasteiger partial charge < -0.3 is 10.6 Å². The van der Waals surface area contributed by atoms with Crippen molar-refractivity contribution in [2.75, 3.05) is 26.2 Å². The Morgan fingerprint density at radius 1 is 1.47 bits per heavy atom. The van der Waals surface area contributed by atoms with E-state index in [0.717, 1.165) is 25.4 Å². The molecule has 0 aromatic carbocycles. The Labute approximate surface area is 91.3 Å². The van der Waals surface area contributed by atoms with Crippen LogP contribution in [-0.4, -0.2) is 31.2 Å². The van der Waals surface area contributed by atoms with E-state index < -0.39 is 0 Å². The van der Waals surface area contributed by atoms with Crippen molar-refractivity contribution in [3.05, 3.63) is 30.1 Å². The van der Waals surface area contributed by atoms with Crippen LogP contribution in [0.4, 0.5) is 0 Å². The molecule has 1 unspecified atom stereocenters. The van der Waals surface area contributed by atoms with Crippen LogP contribution in [0, 0.1) is 5.92 Å². The van der Waals surface area contributed by atoms with E-state index in [1.54, 1.807) is 0 Å². The number of hydrogen-bond donors (Lipinski definition) is 2. The molecule has 0 saturated carbocycles. The van der Waals surface area contributed by atoms with Crippen LogP contribution < -0.4 is 10.6 Å². The summed E-state index contributed by atoms with van der Waals surface area (Å²) < 4.78 is 0. The van der Waals surface area contributed by atoms with Crippen molar-refractivity contribution in [2.45, 2.75) is 12.8 Å². The highest BCUT2D eigenvalue weighted by molar-refractivity contribution is 5.03. The van der Waals surface area contributed by atoms with Gasteiger partial charge in [0.05, 0.1) is 0 Å². The SMILES string of the molecule is c1ccc(CCNCC2CCNC2)nc1. The van der Waals surface area contributed by atoms with Gasteiger partial charge in [-0.3, -0.25) is 4.98 Å². The van der Waals surface area contributed by atoms with E-state index in [1.165, 1.54) is 25.2 Å². The first kappa shape index (κ1) is 10.6. The van der Waals surface area contributed by atoms with E-state index in [0.29, 0.717) is 0 Å². The second-order valence-corrected chi connectivity index (χ2v) is 4.13. The van der Waals surface area contributed by atoms with Crippen LogP contribution >= 0.6 is 0 Å². The average Bonchev–Trinajstić information content (AvgIpc) is 2.79. The first-order chi connectivity index (χ1) is 7.45. The summed E-state index contributed by atoms with van der Waals surface area (Å²) in [6, 6.07) is 6.09. The van der Waals surface area contributed by atoms with Crippen molar-refractivity contribution in [2.24, 2.45) is 5.92 Å². The zero-order valence-electron chi connectivity index (χ0n) is 9.08. The lowest BCUT2D eigenvalue weighted by Gasteiger charge is -2.09. The van der Waals surface area contributed by atoms with Crippen molar-refractivity contribution in [3.63, 3.8) is 0 Å². The van der Waals surface area contributed by atoms with Gasteiger partial charge in [-0.25, -0.2) is 0 Å². The maximum absolute atomic E-state index is 4.30. The highest BCUT2D eigenvalue weighted by atomic mass is 14.9. The molecule has 0 spiro atoms. The summed E-state index contributed by atoms with van der Waals surface area (Å²) >= 11 is 0. The number of rotatable bonds is 5. The first-order valence-corrected chi connectivity index (χ1v) is 5.76. The molecule has 2 heterocycles. The van der Waals surface area contributed by atoms with E-state index in [4.69, 9.17) is 0 Å². The van der Waals surface area contributed by atoms with Gasteiger partial charge >= 0.3 is 0 Å². The van der Waals surface area contributed by atoms with Crippen molar-refractivity contribution < 1.29 is 0 Å². The Bertz CT molecular complexity index is 267. The van der Waals surface area contributed by atoms with Gasteiger partial charge in [-0.05, 0) is 44.1 Å². The minimum absolute atomic E-state index is 0.828. The number of nitrogens with zero attached hydrogens (tertiary/aromatic N) is 1. The predicted octanol–water partition coefficient (Wildman–Crippen LogP) is 0.823. The van der Waals surface area contributed by atoms with E-state index in [2.05, 4.69) is 21.7 Å². The lowest BCUT2D eigenvalue weighted by molar-refractivity contribution is 0.514. The highest BCUT2D eigenvalue weighted by Gasteiger charge is 2.12. The van der Waals surface area contributed by atoms with Crippen LogP contribution in [0.2, 0.25) is 0 Å². The van der Waals surface area contributed by atoms with Crippen LogP contribution in [0.25, 0.3) is 0 Å². The minimum Gasteiger partial charge on any atom is -0.316 e. The summed E-state index contributed by atoms with van der Waals surface area (Å²) in [5, 5.41) is 6.87. The fourth-order valence-electron chi connectivity index (χ4n) is 1.96. The molecule has 1 aliphatic rings. The maximum atomic E-state index is 4.30. The monoisotopic (exact) mass is 205 g/mol. The Balaban J connectivity index is 1.59. The molecule has 15 heavy (non-hydrogen) atoms. The maximum Gasteiger partial charge on any atom is 0.0416 e. The largest absolute Gasteiger partial charge is 0.316 e. The molecule has 0 bridgehead atoms. The number of pyridine rings is 1. The molecular weight excluding hydrogens is 186 g/mol. The third-order valence-electron chi connectivity index (χ3n) is 2.88. The smallest absolute Gasteiger partial charge is 0.0416 e. The number of nitrogens with one attached hydrogen (secondary N) is 2. The molecule has 2 N–H and O–H groups in total. The molecule has 3 nitrogen and oxygen atoms in total. The molecule has 1 aliphatic heterocycles. The van der Waals surface area contributed by atoms with Crippen LogP contribution in [0.15, 0.2) is 24.4 Å². The Kier molecular flexibility index (Phi) is 4.11. The summed E-state index contributed by atoms with van der Waals surface area (Å²) in [4.78, 5) is 4.30. The summed E-state index contributed by atoms with van der Waals surface area (Å²) in [7, 11) is 0. The molecular formula is C12H19N3. The zero-order valence-corrected chi connectivity index (χ0v) is 9.08. The van der Waals surface area contributed by atoms with Crippen molar-refractivity contribution in [3.8, 4) is 0 Å². The first-order valence-electron chi connectivity index (χ1n) is 5.76. The van der Waals surface area contributed by atoms with Gasteiger partial charge in [0.2, 0.25) is 0 Å². The van der Waals surface area contributed by atoms with Gasteiger partial charge in [-0.2, -0.15) is 0 Å². The van der Waals surface area contributed by atoms with E-state index >= 15 is 0 Å². The third kappa shape index (κ3) is 3.61. The van der Waals surface area contributed by atoms with Gasteiger partial charge in [-0.15, -0.1) is 0 Å². The molecule has 1 saturated heterocycles. The molecule has 0 aliphatic carbocycles. The molecule has 82 valence electrons. The van der Waals surface area contributed by atoms with Crippen molar-refractivity contribution in [1.29, 1.82) is 0 Å². The van der Waals surface area contributed by atoms with Gasteiger partial charge in [0.25, 0.3) is 0 Å². The van der Waals surface area contributed by atoms with Crippen LogP contribution in [0.5, 0.6) is 0 Å². The van der Waals surface area contributed by atoms with Gasteiger partial charge in [-0.1, -0.05) is 6.07 Å². The topological polar surface area (TPSA) is 37.0 Å². The summed E-state index contributed by atoms with van der Waals surface area (Å²) in [5.41, 5.74) is 1.18. The normalized spacial score (nSPS) is 20.7. The number of aromatic nitrogens is 1. The van der Waals surface area contributed by atoms with Crippen molar-refractivity contribution in [1.82, 2.24) is 15.6 Å². The zero-order chi connectivity index (χ0) is 10.3. The lowest BCUT2D eigenvalue weighted by Crippen LogP contribution is -2.26. The average molecular weight is 205 g/mol. The van der Waals surface area contributed by atoms with Crippen LogP contribution in [0.3, 0.4) is 0 Å². The molecule has 1 aromatic rings. The second-order valence-electron chi connectivity index (χ2n) is 4.13. The predicted molar refractivity (Wildman–Crippen MR) is 61.8 cm³/mol. The van der Waals surface area contributed by atoms with E-state index in [9.17, 15) is 0 Å². The second kappa shape index (κ2) is 5.83. The van der Waals surface area contributed by atoms with E-state index in [1.807, 2.05) is 18.3 Å². The third-order valence-corrected chi connectivity index (χ3v) is 2.88. The lowest BCUT2D eigenvalue weighted by atomic mass is 10.1.